The molecule has 0 radical (unpaired) electrons. The van der Waals surface area contributed by atoms with Crippen LogP contribution in [0.15, 0.2) is 18.2 Å². The molecule has 1 rings (SSSR count). The number of rotatable bonds is 8. The Bertz CT molecular complexity index is 343. The number of halogens is 1. The molecule has 0 aliphatic heterocycles. The second-order valence-electron chi connectivity index (χ2n) is 4.81. The molecule has 0 heterocycles. The average molecular weight is 252 g/mol. The summed E-state index contributed by atoms with van der Waals surface area (Å²) in [5.41, 5.74) is 1.21. The second-order valence-corrected chi connectivity index (χ2v) is 4.81. The molecular formula is C16H25FO. The van der Waals surface area contributed by atoms with E-state index in [0.29, 0.717) is 18.3 Å². The predicted octanol–water partition coefficient (Wildman–Crippen LogP) is 5.30. The smallest absolute Gasteiger partial charge is 0.165 e. The highest BCUT2D eigenvalue weighted by molar-refractivity contribution is 5.32. The molecule has 0 aliphatic carbocycles. The van der Waals surface area contributed by atoms with Gasteiger partial charge in [-0.05, 0) is 42.9 Å². The van der Waals surface area contributed by atoms with Crippen molar-refractivity contribution < 1.29 is 9.13 Å². The number of hydrogen-bond donors (Lipinski definition) is 0. The van der Waals surface area contributed by atoms with Crippen LogP contribution in [0.2, 0.25) is 0 Å². The van der Waals surface area contributed by atoms with Gasteiger partial charge in [0, 0.05) is 0 Å². The van der Waals surface area contributed by atoms with Crippen LogP contribution in [-0.4, -0.2) is 6.61 Å². The molecule has 0 N–H and O–H groups in total. The monoisotopic (exact) mass is 252 g/mol. The highest BCUT2D eigenvalue weighted by Crippen LogP contribution is 2.30. The van der Waals surface area contributed by atoms with Gasteiger partial charge in [0.05, 0.1) is 6.61 Å². The van der Waals surface area contributed by atoms with Crippen LogP contribution in [0, 0.1) is 5.82 Å². The maximum atomic E-state index is 13.6. The Morgan fingerprint density at radius 2 is 1.72 bits per heavy atom. The fourth-order valence-corrected chi connectivity index (χ4v) is 2.27. The molecule has 1 aromatic rings. The normalized spacial score (nSPS) is 10.9. The molecule has 18 heavy (non-hydrogen) atoms. The van der Waals surface area contributed by atoms with Crippen LogP contribution < -0.4 is 4.74 Å². The van der Waals surface area contributed by atoms with Gasteiger partial charge in [-0.25, -0.2) is 4.39 Å². The molecule has 0 saturated heterocycles. The lowest BCUT2D eigenvalue weighted by Crippen LogP contribution is -2.02. The SMILES string of the molecule is CCCOc1cc(C(CCC)CCC)ccc1F. The molecule has 102 valence electrons. The molecule has 1 nitrogen and oxygen atoms in total. The molecule has 0 aromatic heterocycles. The Balaban J connectivity index is 2.86. The number of ether oxygens (including phenoxy) is 1. The zero-order chi connectivity index (χ0) is 13.4. The van der Waals surface area contributed by atoms with E-state index in [0.717, 1.165) is 32.1 Å². The Morgan fingerprint density at radius 1 is 1.06 bits per heavy atom. The topological polar surface area (TPSA) is 9.23 Å². The first-order valence-electron chi connectivity index (χ1n) is 7.15. The molecule has 0 amide bonds. The first-order chi connectivity index (χ1) is 8.72. The van der Waals surface area contributed by atoms with Gasteiger partial charge in [0.1, 0.15) is 0 Å². The first-order valence-corrected chi connectivity index (χ1v) is 7.15. The summed E-state index contributed by atoms with van der Waals surface area (Å²) in [6.45, 7) is 6.99. The molecule has 0 fully saturated rings. The van der Waals surface area contributed by atoms with Crippen LogP contribution in [0.4, 0.5) is 4.39 Å². The minimum Gasteiger partial charge on any atom is -0.491 e. The van der Waals surface area contributed by atoms with Crippen molar-refractivity contribution in [1.29, 1.82) is 0 Å². The van der Waals surface area contributed by atoms with Crippen LogP contribution >= 0.6 is 0 Å². The fourth-order valence-electron chi connectivity index (χ4n) is 2.27. The van der Waals surface area contributed by atoms with Gasteiger partial charge in [-0.2, -0.15) is 0 Å². The molecule has 0 atom stereocenters. The fraction of sp³-hybridized carbons (Fsp3) is 0.625. The van der Waals surface area contributed by atoms with Gasteiger partial charge in [-0.3, -0.25) is 0 Å². The third-order valence-electron chi connectivity index (χ3n) is 3.16. The molecule has 2 heteroatoms. The van der Waals surface area contributed by atoms with Crippen molar-refractivity contribution in [3.8, 4) is 5.75 Å². The molecular weight excluding hydrogens is 227 g/mol. The average Bonchev–Trinajstić information content (AvgIpc) is 2.38. The van der Waals surface area contributed by atoms with E-state index in [2.05, 4.69) is 13.8 Å². The van der Waals surface area contributed by atoms with E-state index in [1.807, 2.05) is 19.1 Å². The third kappa shape index (κ3) is 4.32. The number of hydrogen-bond acceptors (Lipinski definition) is 1. The van der Waals surface area contributed by atoms with Crippen molar-refractivity contribution in [3.63, 3.8) is 0 Å². The van der Waals surface area contributed by atoms with Gasteiger partial charge in [0.15, 0.2) is 11.6 Å². The molecule has 0 spiro atoms. The molecule has 0 bridgehead atoms. The van der Waals surface area contributed by atoms with Crippen LogP contribution in [0.1, 0.15) is 64.4 Å². The van der Waals surface area contributed by atoms with Gasteiger partial charge in [-0.15, -0.1) is 0 Å². The van der Waals surface area contributed by atoms with Gasteiger partial charge in [0.2, 0.25) is 0 Å². The highest BCUT2D eigenvalue weighted by Gasteiger charge is 2.13. The van der Waals surface area contributed by atoms with E-state index in [9.17, 15) is 4.39 Å². The summed E-state index contributed by atoms with van der Waals surface area (Å²) in [4.78, 5) is 0. The maximum absolute atomic E-state index is 13.6. The lowest BCUT2D eigenvalue weighted by molar-refractivity contribution is 0.300. The van der Waals surface area contributed by atoms with Gasteiger partial charge >= 0.3 is 0 Å². The van der Waals surface area contributed by atoms with E-state index >= 15 is 0 Å². The van der Waals surface area contributed by atoms with E-state index in [1.54, 1.807) is 6.07 Å². The summed E-state index contributed by atoms with van der Waals surface area (Å²) in [6.07, 6.45) is 5.54. The first kappa shape index (κ1) is 15.0. The van der Waals surface area contributed by atoms with E-state index in [4.69, 9.17) is 4.74 Å². The quantitative estimate of drug-likeness (QED) is 0.610. The van der Waals surface area contributed by atoms with Gasteiger partial charge < -0.3 is 4.74 Å². The number of benzene rings is 1. The van der Waals surface area contributed by atoms with Crippen molar-refractivity contribution in [2.75, 3.05) is 6.61 Å². The highest BCUT2D eigenvalue weighted by atomic mass is 19.1. The zero-order valence-corrected chi connectivity index (χ0v) is 11.8. The molecule has 0 unspecified atom stereocenters. The summed E-state index contributed by atoms with van der Waals surface area (Å²) in [7, 11) is 0. The van der Waals surface area contributed by atoms with E-state index in [1.165, 1.54) is 5.56 Å². The Morgan fingerprint density at radius 3 is 2.28 bits per heavy atom. The van der Waals surface area contributed by atoms with Crippen molar-refractivity contribution >= 4 is 0 Å². The lowest BCUT2D eigenvalue weighted by Gasteiger charge is -2.17. The summed E-state index contributed by atoms with van der Waals surface area (Å²) in [5, 5.41) is 0. The Kier molecular flexibility index (Phi) is 6.77. The van der Waals surface area contributed by atoms with Crippen molar-refractivity contribution in [2.45, 2.75) is 58.8 Å². The molecule has 0 aliphatic rings. The van der Waals surface area contributed by atoms with Gasteiger partial charge in [0.25, 0.3) is 0 Å². The van der Waals surface area contributed by atoms with Crippen molar-refractivity contribution in [1.82, 2.24) is 0 Å². The summed E-state index contributed by atoms with van der Waals surface area (Å²) >= 11 is 0. The second kappa shape index (κ2) is 8.12. The van der Waals surface area contributed by atoms with E-state index in [-0.39, 0.29) is 5.82 Å². The van der Waals surface area contributed by atoms with Crippen LogP contribution in [-0.2, 0) is 0 Å². The largest absolute Gasteiger partial charge is 0.491 e. The standard InChI is InChI=1S/C16H25FO/c1-4-7-13(8-5-2)14-9-10-15(17)16(12-14)18-11-6-3/h9-10,12-13H,4-8,11H2,1-3H3. The summed E-state index contributed by atoms with van der Waals surface area (Å²) in [5.74, 6) is 0.690. The minimum atomic E-state index is -0.251. The molecule has 1 aromatic carbocycles. The zero-order valence-electron chi connectivity index (χ0n) is 11.8. The van der Waals surface area contributed by atoms with Crippen molar-refractivity contribution in [2.24, 2.45) is 0 Å². The van der Waals surface area contributed by atoms with Gasteiger partial charge in [-0.1, -0.05) is 39.7 Å². The maximum Gasteiger partial charge on any atom is 0.165 e. The van der Waals surface area contributed by atoms with Crippen molar-refractivity contribution in [3.05, 3.63) is 29.6 Å². The van der Waals surface area contributed by atoms with E-state index < -0.39 is 0 Å². The Hall–Kier alpha value is -1.05. The summed E-state index contributed by atoms with van der Waals surface area (Å²) < 4.78 is 19.1. The van der Waals surface area contributed by atoms with Crippen LogP contribution in [0.25, 0.3) is 0 Å². The Labute approximate surface area is 110 Å². The van der Waals surface area contributed by atoms with Crippen LogP contribution in [0.3, 0.4) is 0 Å². The van der Waals surface area contributed by atoms with Crippen LogP contribution in [0.5, 0.6) is 5.75 Å². The molecule has 0 saturated carbocycles. The lowest BCUT2D eigenvalue weighted by atomic mass is 9.90. The third-order valence-corrected chi connectivity index (χ3v) is 3.16. The predicted molar refractivity (Wildman–Crippen MR) is 74.7 cm³/mol. The minimum absolute atomic E-state index is 0.251. The summed E-state index contributed by atoms with van der Waals surface area (Å²) in [6, 6.07) is 5.34.